The van der Waals surface area contributed by atoms with Gasteiger partial charge in [-0.05, 0) is 44.1 Å². The maximum absolute atomic E-state index is 13.9. The normalized spacial score (nSPS) is 19.1. The van der Waals surface area contributed by atoms with Gasteiger partial charge < -0.3 is 53.2 Å². The Bertz CT molecular complexity index is 1520. The van der Waals surface area contributed by atoms with E-state index in [4.69, 9.17) is 17.2 Å². The number of aliphatic carboxylic acids is 2. The van der Waals surface area contributed by atoms with Gasteiger partial charge in [0.05, 0.1) is 12.5 Å². The standard InChI is InChI=1S/C33H46N8O11/c34-19(10-12-25(35)42)28(46)38-21(17-27(44)45)29(47)37-20(11-13-26(36)43)31(49)40-14-4-8-23(40)30(48)39-22(16-18-6-2-1-3-7-18)32(50)41-15-5-9-24(41)33(51)52/h1-3,6-7,19-24H,4-5,8-17,34H2,(H2,35,42)(H2,36,43)(H,37,47)(H,38,46)(H,39,48)(H,44,45)(H,51,52)/t19-,20-,21-,22-,23-,24-/m0/s1. The Hall–Kier alpha value is -5.59. The van der Waals surface area contributed by atoms with Crippen LogP contribution in [-0.2, 0) is 49.6 Å². The fourth-order valence-electron chi connectivity index (χ4n) is 6.22. The fraction of sp³-hybridized carbons (Fsp3) is 0.545. The van der Waals surface area contributed by atoms with Crippen LogP contribution >= 0.6 is 0 Å². The molecular weight excluding hydrogens is 684 g/mol. The molecule has 1 aromatic rings. The van der Waals surface area contributed by atoms with Crippen molar-refractivity contribution in [3.05, 3.63) is 35.9 Å². The number of likely N-dealkylation sites (tertiary alicyclic amines) is 2. The van der Waals surface area contributed by atoms with E-state index < -0.39 is 96.0 Å². The van der Waals surface area contributed by atoms with Gasteiger partial charge in [0.15, 0.2) is 0 Å². The van der Waals surface area contributed by atoms with Crippen molar-refractivity contribution in [3.8, 4) is 0 Å². The molecule has 0 radical (unpaired) electrons. The molecule has 19 heteroatoms. The number of nitrogens with zero attached hydrogens (tertiary/aromatic N) is 2. The Balaban J connectivity index is 1.81. The van der Waals surface area contributed by atoms with Gasteiger partial charge >= 0.3 is 11.9 Å². The van der Waals surface area contributed by atoms with Crippen molar-refractivity contribution >= 4 is 53.3 Å². The van der Waals surface area contributed by atoms with Gasteiger partial charge in [0.25, 0.3) is 0 Å². The van der Waals surface area contributed by atoms with Gasteiger partial charge in [-0.25, -0.2) is 4.79 Å². The van der Waals surface area contributed by atoms with Crippen LogP contribution in [-0.4, -0.2) is 123 Å². The van der Waals surface area contributed by atoms with Gasteiger partial charge in [0, 0.05) is 32.4 Å². The molecule has 284 valence electrons. The van der Waals surface area contributed by atoms with Crippen LogP contribution in [0.15, 0.2) is 30.3 Å². The summed E-state index contributed by atoms with van der Waals surface area (Å²) in [5, 5.41) is 26.4. The van der Waals surface area contributed by atoms with Crippen LogP contribution in [0.25, 0.3) is 0 Å². The van der Waals surface area contributed by atoms with Crippen molar-refractivity contribution in [2.45, 2.75) is 100 Å². The number of amides is 7. The molecule has 0 saturated carbocycles. The molecule has 1 aromatic carbocycles. The van der Waals surface area contributed by atoms with Crippen molar-refractivity contribution < 1.29 is 53.4 Å². The molecule has 3 rings (SSSR count). The number of hydrogen-bond acceptors (Lipinski definition) is 10. The smallest absolute Gasteiger partial charge is 0.326 e. The summed E-state index contributed by atoms with van der Waals surface area (Å²) in [6, 6.07) is 0.876. The molecule has 6 atom stereocenters. The van der Waals surface area contributed by atoms with Crippen LogP contribution in [0, 0.1) is 0 Å². The second-order valence-corrected chi connectivity index (χ2v) is 12.8. The molecule has 19 nitrogen and oxygen atoms in total. The number of nitrogens with two attached hydrogens (primary N) is 3. The minimum atomic E-state index is -1.73. The topological polar surface area (TPSA) is 315 Å². The summed E-state index contributed by atoms with van der Waals surface area (Å²) in [7, 11) is 0. The maximum Gasteiger partial charge on any atom is 0.326 e. The summed E-state index contributed by atoms with van der Waals surface area (Å²) >= 11 is 0. The Morgan fingerprint density at radius 2 is 1.25 bits per heavy atom. The molecule has 2 saturated heterocycles. The van der Waals surface area contributed by atoms with E-state index in [9.17, 15) is 53.4 Å². The van der Waals surface area contributed by atoms with E-state index >= 15 is 0 Å². The van der Waals surface area contributed by atoms with Crippen LogP contribution < -0.4 is 33.2 Å². The second kappa shape index (κ2) is 19.1. The summed E-state index contributed by atoms with van der Waals surface area (Å²) < 4.78 is 0. The lowest BCUT2D eigenvalue weighted by atomic mass is 10.0. The zero-order valence-corrected chi connectivity index (χ0v) is 28.5. The first-order chi connectivity index (χ1) is 24.6. The molecule has 2 aliphatic heterocycles. The third-order valence-corrected chi connectivity index (χ3v) is 8.90. The van der Waals surface area contributed by atoms with E-state index in [1.165, 1.54) is 9.80 Å². The van der Waals surface area contributed by atoms with Gasteiger partial charge in [-0.2, -0.15) is 0 Å². The maximum atomic E-state index is 13.9. The van der Waals surface area contributed by atoms with E-state index in [1.807, 2.05) is 0 Å². The van der Waals surface area contributed by atoms with E-state index in [0.29, 0.717) is 18.4 Å². The van der Waals surface area contributed by atoms with Gasteiger partial charge in [-0.1, -0.05) is 30.3 Å². The molecule has 0 unspecified atom stereocenters. The summed E-state index contributed by atoms with van der Waals surface area (Å²) in [5.74, 6) is -8.35. The minimum Gasteiger partial charge on any atom is -0.481 e. The average molecular weight is 731 g/mol. The molecule has 0 aliphatic carbocycles. The lowest BCUT2D eigenvalue weighted by molar-refractivity contribution is -0.150. The minimum absolute atomic E-state index is 0.0368. The fourth-order valence-corrected chi connectivity index (χ4v) is 6.22. The van der Waals surface area contributed by atoms with Crippen molar-refractivity contribution in [1.82, 2.24) is 25.8 Å². The third-order valence-electron chi connectivity index (χ3n) is 8.90. The van der Waals surface area contributed by atoms with Crippen molar-refractivity contribution in [2.75, 3.05) is 13.1 Å². The highest BCUT2D eigenvalue weighted by Gasteiger charge is 2.42. The lowest BCUT2D eigenvalue weighted by Crippen LogP contribution is -2.59. The molecule has 11 N–H and O–H groups in total. The Labute approximate surface area is 299 Å². The number of nitrogens with one attached hydrogen (secondary N) is 3. The Morgan fingerprint density at radius 3 is 1.83 bits per heavy atom. The van der Waals surface area contributed by atoms with Crippen molar-refractivity contribution in [2.24, 2.45) is 17.2 Å². The van der Waals surface area contributed by atoms with Crippen molar-refractivity contribution in [1.29, 1.82) is 0 Å². The average Bonchev–Trinajstić information content (AvgIpc) is 3.79. The number of carboxylic acid groups (broad SMARTS) is 2. The lowest BCUT2D eigenvalue weighted by Gasteiger charge is -2.32. The molecule has 7 amide bonds. The first-order valence-electron chi connectivity index (χ1n) is 16.9. The number of hydrogen-bond donors (Lipinski definition) is 8. The molecular formula is C33H46N8O11. The van der Waals surface area contributed by atoms with Gasteiger partial charge in [-0.3, -0.25) is 38.4 Å². The third kappa shape index (κ3) is 11.7. The van der Waals surface area contributed by atoms with Crippen LogP contribution in [0.3, 0.4) is 0 Å². The quantitative estimate of drug-likeness (QED) is 0.0710. The number of benzene rings is 1. The number of rotatable bonds is 19. The number of carbonyl (C=O) groups excluding carboxylic acids is 7. The highest BCUT2D eigenvalue weighted by molar-refractivity contribution is 5.98. The van der Waals surface area contributed by atoms with Crippen LogP contribution in [0.4, 0.5) is 0 Å². The number of carbonyl (C=O) groups is 9. The largest absolute Gasteiger partial charge is 0.481 e. The van der Waals surface area contributed by atoms with Crippen LogP contribution in [0.1, 0.15) is 63.4 Å². The van der Waals surface area contributed by atoms with Gasteiger partial charge in [-0.15, -0.1) is 0 Å². The molecule has 2 aliphatic rings. The Morgan fingerprint density at radius 1 is 0.712 bits per heavy atom. The number of primary amides is 2. The zero-order chi connectivity index (χ0) is 38.5. The molecule has 2 fully saturated rings. The van der Waals surface area contributed by atoms with E-state index in [2.05, 4.69) is 16.0 Å². The van der Waals surface area contributed by atoms with Gasteiger partial charge in [0.2, 0.25) is 41.4 Å². The zero-order valence-electron chi connectivity index (χ0n) is 28.5. The van der Waals surface area contributed by atoms with Gasteiger partial charge in [0.1, 0.15) is 30.2 Å². The Kier molecular flexibility index (Phi) is 15.0. The van der Waals surface area contributed by atoms with Crippen LogP contribution in [0.2, 0.25) is 0 Å². The highest BCUT2D eigenvalue weighted by Crippen LogP contribution is 2.23. The summed E-state index contributed by atoms with van der Waals surface area (Å²) in [6.07, 6.45) is -0.781. The first kappa shape index (κ1) is 40.8. The second-order valence-electron chi connectivity index (χ2n) is 12.8. The van der Waals surface area contributed by atoms with E-state index in [1.54, 1.807) is 30.3 Å². The molecule has 0 aromatic heterocycles. The van der Waals surface area contributed by atoms with Crippen molar-refractivity contribution in [3.63, 3.8) is 0 Å². The van der Waals surface area contributed by atoms with Crippen LogP contribution in [0.5, 0.6) is 0 Å². The van der Waals surface area contributed by atoms with E-state index in [0.717, 1.165) is 0 Å². The van der Waals surface area contributed by atoms with E-state index in [-0.39, 0.29) is 58.0 Å². The monoisotopic (exact) mass is 730 g/mol. The summed E-state index contributed by atoms with van der Waals surface area (Å²) in [6.45, 7) is 0.239. The summed E-state index contributed by atoms with van der Waals surface area (Å²) in [4.78, 5) is 116. The first-order valence-corrected chi connectivity index (χ1v) is 16.9. The number of carboxylic acids is 2. The molecule has 52 heavy (non-hydrogen) atoms. The highest BCUT2D eigenvalue weighted by atomic mass is 16.4. The molecule has 2 heterocycles. The SMILES string of the molecule is NC(=O)CC[C@H](NC(=O)[C@H](CC(=O)O)NC(=O)[C@@H](N)CCC(N)=O)C(=O)N1CCC[C@H]1C(=O)N[C@@H](Cc1ccccc1)C(=O)N1CCC[C@H]1C(=O)O. The molecule has 0 spiro atoms. The molecule has 0 bridgehead atoms. The summed E-state index contributed by atoms with van der Waals surface area (Å²) in [5.41, 5.74) is 16.8. The predicted molar refractivity (Wildman–Crippen MR) is 180 cm³/mol. The predicted octanol–water partition coefficient (Wildman–Crippen LogP) is -2.92.